The number of ether oxygens (including phenoxy) is 1. The molecule has 1 amide bonds. The standard InChI is InChI=1S/C16H13ClN2O2S/c17-12-6-2-1-5-11(12)9-21-10-15(20)19-16-18-13-7-3-4-8-14(13)22-16/h1-8H,9-10H2,(H,18,19,20). The Hall–Kier alpha value is -1.95. The third-order valence-electron chi connectivity index (χ3n) is 2.99. The number of rotatable bonds is 5. The molecule has 112 valence electrons. The Labute approximate surface area is 136 Å². The van der Waals surface area contributed by atoms with Gasteiger partial charge in [-0.3, -0.25) is 10.1 Å². The highest BCUT2D eigenvalue weighted by atomic mass is 35.5. The molecule has 0 aliphatic rings. The summed E-state index contributed by atoms with van der Waals surface area (Å²) < 4.78 is 6.43. The predicted molar refractivity (Wildman–Crippen MR) is 89.4 cm³/mol. The zero-order chi connectivity index (χ0) is 15.4. The highest BCUT2D eigenvalue weighted by Gasteiger charge is 2.08. The molecule has 0 atom stereocenters. The van der Waals surface area contributed by atoms with Crippen molar-refractivity contribution in [2.24, 2.45) is 0 Å². The number of nitrogens with zero attached hydrogens (tertiary/aromatic N) is 1. The summed E-state index contributed by atoms with van der Waals surface area (Å²) in [6.07, 6.45) is 0. The van der Waals surface area contributed by atoms with Gasteiger partial charge in [0.15, 0.2) is 5.13 Å². The van der Waals surface area contributed by atoms with Crippen molar-refractivity contribution in [1.82, 2.24) is 4.98 Å². The van der Waals surface area contributed by atoms with E-state index in [4.69, 9.17) is 16.3 Å². The van der Waals surface area contributed by atoms with Crippen molar-refractivity contribution in [3.8, 4) is 0 Å². The van der Waals surface area contributed by atoms with E-state index in [2.05, 4.69) is 10.3 Å². The van der Waals surface area contributed by atoms with Crippen LogP contribution in [0.1, 0.15) is 5.56 Å². The van der Waals surface area contributed by atoms with Crippen molar-refractivity contribution in [1.29, 1.82) is 0 Å². The Kier molecular flexibility index (Phi) is 4.68. The minimum absolute atomic E-state index is 0.0405. The van der Waals surface area contributed by atoms with Crippen molar-refractivity contribution in [3.05, 3.63) is 59.1 Å². The van der Waals surface area contributed by atoms with E-state index in [9.17, 15) is 4.79 Å². The lowest BCUT2D eigenvalue weighted by Crippen LogP contribution is -2.18. The number of fused-ring (bicyclic) bond motifs is 1. The first kappa shape index (κ1) is 15.0. The average molecular weight is 333 g/mol. The van der Waals surface area contributed by atoms with Gasteiger partial charge in [-0.05, 0) is 23.8 Å². The van der Waals surface area contributed by atoms with Gasteiger partial charge in [0.1, 0.15) is 6.61 Å². The number of halogens is 1. The van der Waals surface area contributed by atoms with Crippen molar-refractivity contribution in [2.45, 2.75) is 6.61 Å². The van der Waals surface area contributed by atoms with Crippen LogP contribution in [0.25, 0.3) is 10.2 Å². The fourth-order valence-corrected chi connectivity index (χ4v) is 3.02. The molecular formula is C16H13ClN2O2S. The number of benzene rings is 2. The van der Waals surface area contributed by atoms with Gasteiger partial charge < -0.3 is 4.74 Å². The molecule has 4 nitrogen and oxygen atoms in total. The van der Waals surface area contributed by atoms with Crippen molar-refractivity contribution in [2.75, 3.05) is 11.9 Å². The van der Waals surface area contributed by atoms with Crippen LogP contribution in [0.5, 0.6) is 0 Å². The normalized spacial score (nSPS) is 10.8. The molecule has 0 spiro atoms. The molecule has 0 aliphatic carbocycles. The van der Waals surface area contributed by atoms with Crippen molar-refractivity contribution in [3.63, 3.8) is 0 Å². The second-order valence-electron chi connectivity index (χ2n) is 4.62. The molecule has 0 fully saturated rings. The van der Waals surface area contributed by atoms with Crippen molar-refractivity contribution >= 4 is 44.2 Å². The van der Waals surface area contributed by atoms with Crippen LogP contribution in [0.2, 0.25) is 5.02 Å². The monoisotopic (exact) mass is 332 g/mol. The summed E-state index contributed by atoms with van der Waals surface area (Å²) in [5.41, 5.74) is 1.73. The average Bonchev–Trinajstić information content (AvgIpc) is 2.91. The lowest BCUT2D eigenvalue weighted by atomic mass is 10.2. The van der Waals surface area contributed by atoms with Crippen molar-refractivity contribution < 1.29 is 9.53 Å². The maximum atomic E-state index is 11.9. The third-order valence-corrected chi connectivity index (χ3v) is 4.31. The number of aromatic nitrogens is 1. The molecule has 2 aromatic carbocycles. The van der Waals surface area contributed by atoms with Crippen LogP contribution in [0.15, 0.2) is 48.5 Å². The minimum atomic E-state index is -0.230. The second kappa shape index (κ2) is 6.87. The molecule has 3 rings (SSSR count). The molecule has 0 saturated carbocycles. The number of nitrogens with one attached hydrogen (secondary N) is 1. The number of anilines is 1. The quantitative estimate of drug-likeness (QED) is 0.765. The van der Waals surface area contributed by atoms with Crippen LogP contribution in [0.3, 0.4) is 0 Å². The molecule has 0 bridgehead atoms. The smallest absolute Gasteiger partial charge is 0.252 e. The summed E-state index contributed by atoms with van der Waals surface area (Å²) in [7, 11) is 0. The number of carbonyl (C=O) groups is 1. The Bertz CT molecular complexity index is 770. The van der Waals surface area contributed by atoms with Gasteiger partial charge in [0.05, 0.1) is 16.8 Å². The van der Waals surface area contributed by atoms with Gasteiger partial charge >= 0.3 is 0 Å². The lowest BCUT2D eigenvalue weighted by molar-refractivity contribution is -0.121. The highest BCUT2D eigenvalue weighted by molar-refractivity contribution is 7.22. The Morgan fingerprint density at radius 3 is 2.77 bits per heavy atom. The molecule has 1 N–H and O–H groups in total. The molecule has 0 saturated heterocycles. The van der Waals surface area contributed by atoms with E-state index in [0.29, 0.717) is 16.8 Å². The van der Waals surface area contributed by atoms with E-state index in [1.54, 1.807) is 6.07 Å². The predicted octanol–water partition coefficient (Wildman–Crippen LogP) is 4.11. The van der Waals surface area contributed by atoms with Crippen LogP contribution in [-0.4, -0.2) is 17.5 Å². The first-order valence-corrected chi connectivity index (χ1v) is 7.88. The van der Waals surface area contributed by atoms with Crippen LogP contribution in [0, 0.1) is 0 Å². The Morgan fingerprint density at radius 2 is 1.95 bits per heavy atom. The van der Waals surface area contributed by atoms with Crippen LogP contribution in [-0.2, 0) is 16.1 Å². The summed E-state index contributed by atoms with van der Waals surface area (Å²) in [6, 6.07) is 15.1. The van der Waals surface area contributed by atoms with Gasteiger partial charge in [-0.15, -0.1) is 0 Å². The van der Waals surface area contributed by atoms with Gasteiger partial charge in [0, 0.05) is 5.02 Å². The summed E-state index contributed by atoms with van der Waals surface area (Å²) in [6.45, 7) is 0.258. The molecule has 1 heterocycles. The summed E-state index contributed by atoms with van der Waals surface area (Å²) in [5.74, 6) is -0.230. The van der Waals surface area contributed by atoms with Gasteiger partial charge in [-0.1, -0.05) is 53.3 Å². The molecule has 22 heavy (non-hydrogen) atoms. The molecule has 3 aromatic rings. The van der Waals surface area contributed by atoms with E-state index < -0.39 is 0 Å². The van der Waals surface area contributed by atoms with Gasteiger partial charge in [-0.2, -0.15) is 0 Å². The van der Waals surface area contributed by atoms with Crippen LogP contribution in [0.4, 0.5) is 5.13 Å². The highest BCUT2D eigenvalue weighted by Crippen LogP contribution is 2.25. The fourth-order valence-electron chi connectivity index (χ4n) is 1.95. The lowest BCUT2D eigenvalue weighted by Gasteiger charge is -2.05. The molecule has 6 heteroatoms. The number of thiazole rings is 1. The van der Waals surface area contributed by atoms with Gasteiger partial charge in [-0.25, -0.2) is 4.98 Å². The zero-order valence-corrected chi connectivity index (χ0v) is 13.2. The largest absolute Gasteiger partial charge is 0.367 e. The first-order chi connectivity index (χ1) is 10.7. The number of para-hydroxylation sites is 1. The number of amides is 1. The molecule has 0 aliphatic heterocycles. The van der Waals surface area contributed by atoms with E-state index >= 15 is 0 Å². The van der Waals surface area contributed by atoms with Gasteiger partial charge in [0.25, 0.3) is 5.91 Å². The van der Waals surface area contributed by atoms with E-state index in [1.165, 1.54) is 11.3 Å². The minimum Gasteiger partial charge on any atom is -0.367 e. The number of hydrogen-bond acceptors (Lipinski definition) is 4. The van der Waals surface area contributed by atoms with Crippen LogP contribution >= 0.6 is 22.9 Å². The summed E-state index contributed by atoms with van der Waals surface area (Å²) >= 11 is 7.46. The molecule has 0 unspecified atom stereocenters. The SMILES string of the molecule is O=C(COCc1ccccc1Cl)Nc1nc2ccccc2s1. The summed E-state index contributed by atoms with van der Waals surface area (Å²) in [4.78, 5) is 16.2. The fraction of sp³-hybridized carbons (Fsp3) is 0.125. The Morgan fingerprint density at radius 1 is 1.18 bits per heavy atom. The van der Waals surface area contributed by atoms with Crippen LogP contribution < -0.4 is 5.32 Å². The third kappa shape index (κ3) is 3.62. The maximum absolute atomic E-state index is 11.9. The van der Waals surface area contributed by atoms with E-state index in [-0.39, 0.29) is 12.5 Å². The molecule has 1 aromatic heterocycles. The number of carbonyl (C=O) groups excluding carboxylic acids is 1. The maximum Gasteiger partial charge on any atom is 0.252 e. The van der Waals surface area contributed by atoms with E-state index in [0.717, 1.165) is 15.8 Å². The van der Waals surface area contributed by atoms with E-state index in [1.807, 2.05) is 42.5 Å². The van der Waals surface area contributed by atoms with Gasteiger partial charge in [0.2, 0.25) is 0 Å². The number of hydrogen-bond donors (Lipinski definition) is 1. The summed E-state index contributed by atoms with van der Waals surface area (Å²) in [5, 5.41) is 3.95. The zero-order valence-electron chi connectivity index (χ0n) is 11.6. The second-order valence-corrected chi connectivity index (χ2v) is 6.06. The molecule has 0 radical (unpaired) electrons. The topological polar surface area (TPSA) is 51.2 Å². The molecular weight excluding hydrogens is 320 g/mol. The first-order valence-electron chi connectivity index (χ1n) is 6.69. The Balaban J connectivity index is 1.53.